The van der Waals surface area contributed by atoms with Gasteiger partial charge in [0.1, 0.15) is 12.4 Å². The van der Waals surface area contributed by atoms with E-state index >= 15 is 0 Å². The Bertz CT molecular complexity index is 584. The summed E-state index contributed by atoms with van der Waals surface area (Å²) in [6, 6.07) is 3.66. The van der Waals surface area contributed by atoms with E-state index in [-0.39, 0.29) is 12.2 Å². The highest BCUT2D eigenvalue weighted by Gasteiger charge is 2.23. The molecule has 3 N–H and O–H groups in total. The first-order valence-corrected chi connectivity index (χ1v) is 6.16. The van der Waals surface area contributed by atoms with Crippen molar-refractivity contribution >= 4 is 29.6 Å². The summed E-state index contributed by atoms with van der Waals surface area (Å²) < 4.78 is 5.39. The molecule has 0 spiro atoms. The molecule has 0 saturated carbocycles. The van der Waals surface area contributed by atoms with Crippen molar-refractivity contribution in [2.75, 3.05) is 13.2 Å². The summed E-state index contributed by atoms with van der Waals surface area (Å²) in [6.07, 6.45) is 1.58. The zero-order valence-corrected chi connectivity index (χ0v) is 11.1. The highest BCUT2D eigenvalue weighted by atomic mass is 35.5. The molecule has 1 aromatic rings. The first-order valence-electron chi connectivity index (χ1n) is 5.78. The second-order valence-electron chi connectivity index (χ2n) is 4.19. The molecule has 20 heavy (non-hydrogen) atoms. The van der Waals surface area contributed by atoms with Gasteiger partial charge in [-0.2, -0.15) is 0 Å². The van der Waals surface area contributed by atoms with Gasteiger partial charge in [0.15, 0.2) is 6.04 Å². The lowest BCUT2D eigenvalue weighted by molar-refractivity contribution is -0.142. The molecule has 1 aliphatic heterocycles. The van der Waals surface area contributed by atoms with Crippen LogP contribution in [0.3, 0.4) is 0 Å². The van der Waals surface area contributed by atoms with Crippen LogP contribution < -0.4 is 10.1 Å². The lowest BCUT2D eigenvalue weighted by atomic mass is 10.1. The number of carboxylic acids is 1. The predicted octanol–water partition coefficient (Wildman–Crippen LogP) is 0.677. The number of carbonyl (C=O) groups excluding carboxylic acids is 1. The number of fused-ring (bicyclic) bond motifs is 1. The number of aliphatic carboxylic acids is 1. The summed E-state index contributed by atoms with van der Waals surface area (Å²) in [6.45, 7) is -0.657. The van der Waals surface area contributed by atoms with Crippen LogP contribution in [0.1, 0.15) is 5.56 Å². The number of aliphatic hydroxyl groups is 1. The number of aliphatic hydroxyl groups excluding tert-OH is 1. The summed E-state index contributed by atoms with van der Waals surface area (Å²) >= 11 is 5.86. The molecular formula is C13H12ClNO5. The molecule has 7 heteroatoms. The normalized spacial score (nSPS) is 14.6. The van der Waals surface area contributed by atoms with Gasteiger partial charge in [-0.25, -0.2) is 4.79 Å². The van der Waals surface area contributed by atoms with E-state index in [9.17, 15) is 9.59 Å². The number of rotatable bonds is 4. The van der Waals surface area contributed by atoms with E-state index in [0.717, 1.165) is 0 Å². The van der Waals surface area contributed by atoms with Crippen molar-refractivity contribution in [1.29, 1.82) is 0 Å². The summed E-state index contributed by atoms with van der Waals surface area (Å²) in [5, 5.41) is 20.4. The van der Waals surface area contributed by atoms with Gasteiger partial charge in [0, 0.05) is 10.6 Å². The minimum atomic E-state index is -1.34. The van der Waals surface area contributed by atoms with Crippen molar-refractivity contribution in [2.24, 2.45) is 0 Å². The van der Waals surface area contributed by atoms with Crippen molar-refractivity contribution in [3.05, 3.63) is 34.4 Å². The molecule has 1 amide bonds. The molecule has 1 aromatic carbocycles. The number of ether oxygens (including phenoxy) is 1. The fourth-order valence-corrected chi connectivity index (χ4v) is 1.90. The second kappa shape index (κ2) is 5.94. The van der Waals surface area contributed by atoms with Crippen molar-refractivity contribution in [2.45, 2.75) is 6.04 Å². The molecule has 0 saturated heterocycles. The Hall–Kier alpha value is -2.05. The topological polar surface area (TPSA) is 95.9 Å². The Balaban J connectivity index is 2.18. The Morgan fingerprint density at radius 2 is 2.20 bits per heavy atom. The molecule has 0 bridgehead atoms. The van der Waals surface area contributed by atoms with Crippen LogP contribution in [-0.4, -0.2) is 41.3 Å². The molecule has 1 unspecified atom stereocenters. The lowest BCUT2D eigenvalue weighted by Gasteiger charge is -2.19. The first kappa shape index (κ1) is 14.4. The van der Waals surface area contributed by atoms with Crippen LogP contribution >= 0.6 is 11.6 Å². The largest absolute Gasteiger partial charge is 0.488 e. The van der Waals surface area contributed by atoms with E-state index in [1.165, 1.54) is 0 Å². The number of amides is 1. The fraction of sp³-hybridized carbons (Fsp3) is 0.231. The monoisotopic (exact) mass is 297 g/mol. The van der Waals surface area contributed by atoms with Crippen LogP contribution in [0.2, 0.25) is 5.02 Å². The van der Waals surface area contributed by atoms with Gasteiger partial charge in [-0.05, 0) is 24.3 Å². The third kappa shape index (κ3) is 3.09. The average molecular weight is 298 g/mol. The SMILES string of the molecule is O=C(NC(CO)C(=O)O)C1=Cc2cc(Cl)ccc2OC1. The molecule has 0 radical (unpaired) electrons. The van der Waals surface area contributed by atoms with E-state index < -0.39 is 24.5 Å². The van der Waals surface area contributed by atoms with Crippen LogP contribution in [0.15, 0.2) is 23.8 Å². The van der Waals surface area contributed by atoms with Gasteiger partial charge in [-0.15, -0.1) is 0 Å². The summed E-state index contributed by atoms with van der Waals surface area (Å²) in [5.41, 5.74) is 0.907. The molecule has 106 valence electrons. The van der Waals surface area contributed by atoms with E-state index in [0.29, 0.717) is 16.3 Å². The second-order valence-corrected chi connectivity index (χ2v) is 4.62. The van der Waals surface area contributed by atoms with E-state index in [4.69, 9.17) is 26.6 Å². The standard InChI is InChI=1S/C13H12ClNO5/c14-9-1-2-11-7(4-9)3-8(6-20-11)12(17)15-10(5-16)13(18)19/h1-4,10,16H,5-6H2,(H,15,17)(H,18,19). The van der Waals surface area contributed by atoms with Crippen molar-refractivity contribution in [3.63, 3.8) is 0 Å². The maximum atomic E-state index is 11.9. The van der Waals surface area contributed by atoms with E-state index in [2.05, 4.69) is 5.32 Å². The fourth-order valence-electron chi connectivity index (χ4n) is 1.72. The summed E-state index contributed by atoms with van der Waals surface area (Å²) in [7, 11) is 0. The van der Waals surface area contributed by atoms with Crippen molar-refractivity contribution < 1.29 is 24.5 Å². The van der Waals surface area contributed by atoms with Crippen LogP contribution in [0.5, 0.6) is 5.75 Å². The zero-order chi connectivity index (χ0) is 14.7. The van der Waals surface area contributed by atoms with Gasteiger partial charge in [0.25, 0.3) is 5.91 Å². The van der Waals surface area contributed by atoms with Crippen LogP contribution in [0.4, 0.5) is 0 Å². The molecule has 1 atom stereocenters. The molecule has 1 heterocycles. The first-order chi connectivity index (χ1) is 9.51. The van der Waals surface area contributed by atoms with Crippen molar-refractivity contribution in [3.8, 4) is 5.75 Å². The highest BCUT2D eigenvalue weighted by Crippen LogP contribution is 2.28. The summed E-state index contributed by atoms with van der Waals surface area (Å²) in [5.74, 6) is -1.30. The maximum Gasteiger partial charge on any atom is 0.328 e. The van der Waals surface area contributed by atoms with Gasteiger partial charge < -0.3 is 20.3 Å². The lowest BCUT2D eigenvalue weighted by Crippen LogP contribution is -2.44. The average Bonchev–Trinajstić information content (AvgIpc) is 2.43. The minimum Gasteiger partial charge on any atom is -0.488 e. The minimum absolute atomic E-state index is 0.0260. The number of carbonyl (C=O) groups is 2. The Morgan fingerprint density at radius 1 is 1.45 bits per heavy atom. The van der Waals surface area contributed by atoms with Gasteiger partial charge in [-0.3, -0.25) is 4.79 Å². The third-order valence-corrected chi connectivity index (χ3v) is 3.00. The Morgan fingerprint density at radius 3 is 2.85 bits per heavy atom. The van der Waals surface area contributed by atoms with Gasteiger partial charge in [0.05, 0.1) is 12.2 Å². The molecule has 0 aromatic heterocycles. The van der Waals surface area contributed by atoms with Crippen LogP contribution in [-0.2, 0) is 9.59 Å². The highest BCUT2D eigenvalue weighted by molar-refractivity contribution is 6.30. The Kier molecular flexibility index (Phi) is 4.26. The number of nitrogens with one attached hydrogen (secondary N) is 1. The molecule has 2 rings (SSSR count). The number of benzene rings is 1. The summed E-state index contributed by atoms with van der Waals surface area (Å²) in [4.78, 5) is 22.6. The number of carboxylic acid groups (broad SMARTS) is 1. The molecule has 0 aliphatic carbocycles. The number of hydrogen-bond donors (Lipinski definition) is 3. The van der Waals surface area contributed by atoms with Crippen molar-refractivity contribution in [1.82, 2.24) is 5.32 Å². The third-order valence-electron chi connectivity index (χ3n) is 2.76. The number of halogens is 1. The van der Waals surface area contributed by atoms with Gasteiger partial charge >= 0.3 is 5.97 Å². The molecular weight excluding hydrogens is 286 g/mol. The quantitative estimate of drug-likeness (QED) is 0.759. The van der Waals surface area contributed by atoms with Gasteiger partial charge in [-0.1, -0.05) is 11.6 Å². The molecule has 0 fully saturated rings. The zero-order valence-electron chi connectivity index (χ0n) is 10.3. The van der Waals surface area contributed by atoms with Crippen LogP contribution in [0, 0.1) is 0 Å². The maximum absolute atomic E-state index is 11.9. The van der Waals surface area contributed by atoms with Crippen LogP contribution in [0.25, 0.3) is 6.08 Å². The smallest absolute Gasteiger partial charge is 0.328 e. The van der Waals surface area contributed by atoms with E-state index in [1.54, 1.807) is 24.3 Å². The molecule has 1 aliphatic rings. The predicted molar refractivity (Wildman–Crippen MR) is 71.6 cm³/mol. The van der Waals surface area contributed by atoms with E-state index in [1.807, 2.05) is 0 Å². The van der Waals surface area contributed by atoms with Gasteiger partial charge in [0.2, 0.25) is 0 Å². The molecule has 6 nitrogen and oxygen atoms in total. The Labute approximate surface area is 119 Å². The number of hydrogen-bond acceptors (Lipinski definition) is 4.